The van der Waals surface area contributed by atoms with Gasteiger partial charge in [-0.2, -0.15) is 5.10 Å². The Labute approximate surface area is 211 Å². The number of rotatable bonds is 7. The zero-order valence-corrected chi connectivity index (χ0v) is 21.9. The number of aromatic nitrogens is 1. The second-order valence-electron chi connectivity index (χ2n) is 7.30. The van der Waals surface area contributed by atoms with E-state index in [1.54, 1.807) is 42.5 Å². The summed E-state index contributed by atoms with van der Waals surface area (Å²) >= 11 is 15.8. The van der Waals surface area contributed by atoms with Crippen LogP contribution in [0.25, 0.3) is 5.69 Å². The van der Waals surface area contributed by atoms with Crippen LogP contribution in [0.5, 0.6) is 0 Å². The molecule has 0 aliphatic heterocycles. The number of halogens is 3. The molecular formula is C22H21BrCl2N4O3S. The first-order valence-corrected chi connectivity index (χ1v) is 13.1. The Hall–Kier alpha value is -2.33. The van der Waals surface area contributed by atoms with Gasteiger partial charge in [0.15, 0.2) is 0 Å². The summed E-state index contributed by atoms with van der Waals surface area (Å²) in [5.74, 6) is -0.578. The topological polar surface area (TPSA) is 83.8 Å². The predicted octanol–water partition coefficient (Wildman–Crippen LogP) is 5.08. The van der Waals surface area contributed by atoms with Gasteiger partial charge >= 0.3 is 0 Å². The summed E-state index contributed by atoms with van der Waals surface area (Å²) in [5.41, 5.74) is 6.02. The summed E-state index contributed by atoms with van der Waals surface area (Å²) in [6.45, 7) is 3.41. The minimum atomic E-state index is -3.67. The molecule has 0 fully saturated rings. The van der Waals surface area contributed by atoms with E-state index >= 15 is 0 Å². The summed E-state index contributed by atoms with van der Waals surface area (Å²) in [6.07, 6.45) is 2.54. The van der Waals surface area contributed by atoms with Gasteiger partial charge in [0.1, 0.15) is 6.54 Å². The number of hydrazone groups is 1. The summed E-state index contributed by atoms with van der Waals surface area (Å²) < 4.78 is 28.1. The summed E-state index contributed by atoms with van der Waals surface area (Å²) in [5, 5.41) is 5.12. The zero-order chi connectivity index (χ0) is 24.3. The monoisotopic (exact) mass is 570 g/mol. The van der Waals surface area contributed by atoms with Crippen LogP contribution in [-0.2, 0) is 14.8 Å². The number of carbonyl (C=O) groups excluding carboxylic acids is 1. The molecule has 0 atom stereocenters. The molecule has 1 aromatic heterocycles. The van der Waals surface area contributed by atoms with Crippen LogP contribution in [0.15, 0.2) is 58.1 Å². The van der Waals surface area contributed by atoms with E-state index in [1.165, 1.54) is 6.21 Å². The average Bonchev–Trinajstić information content (AvgIpc) is 3.01. The SMILES string of the molecule is Cc1cc(/C=N\NC(=O)CN(c2ccc(Br)cc2)S(C)(=O)=O)c(C)n1-c1cc(Cl)ccc1Cl. The minimum Gasteiger partial charge on any atom is -0.316 e. The Morgan fingerprint density at radius 1 is 1.15 bits per heavy atom. The minimum absolute atomic E-state index is 0.377. The van der Waals surface area contributed by atoms with Crippen molar-refractivity contribution in [1.29, 1.82) is 0 Å². The molecule has 2 aromatic carbocycles. The van der Waals surface area contributed by atoms with E-state index in [0.29, 0.717) is 15.7 Å². The van der Waals surface area contributed by atoms with E-state index in [2.05, 4.69) is 26.5 Å². The molecule has 1 heterocycles. The highest BCUT2D eigenvalue weighted by Gasteiger charge is 2.20. The summed E-state index contributed by atoms with van der Waals surface area (Å²) in [4.78, 5) is 12.4. The normalized spacial score (nSPS) is 11.7. The Kier molecular flexibility index (Phi) is 7.89. The van der Waals surface area contributed by atoms with Gasteiger partial charge in [-0.1, -0.05) is 39.1 Å². The van der Waals surface area contributed by atoms with Crippen LogP contribution in [0.4, 0.5) is 5.69 Å². The van der Waals surface area contributed by atoms with Crippen molar-refractivity contribution in [2.45, 2.75) is 13.8 Å². The number of hydrogen-bond donors (Lipinski definition) is 1. The molecule has 0 aliphatic carbocycles. The molecule has 0 radical (unpaired) electrons. The lowest BCUT2D eigenvalue weighted by Crippen LogP contribution is -2.39. The van der Waals surface area contributed by atoms with Gasteiger partial charge in [0, 0.05) is 26.4 Å². The molecule has 1 N–H and O–H groups in total. The number of aryl methyl sites for hydroxylation is 1. The molecule has 0 bridgehead atoms. The molecule has 174 valence electrons. The highest BCUT2D eigenvalue weighted by Crippen LogP contribution is 2.28. The van der Waals surface area contributed by atoms with Crippen LogP contribution >= 0.6 is 39.1 Å². The fraction of sp³-hybridized carbons (Fsp3) is 0.182. The first kappa shape index (κ1) is 25.3. The number of nitrogens with zero attached hydrogens (tertiary/aromatic N) is 3. The molecule has 3 aromatic rings. The van der Waals surface area contributed by atoms with Gasteiger partial charge in [-0.3, -0.25) is 9.10 Å². The summed E-state index contributed by atoms with van der Waals surface area (Å²) in [6, 6.07) is 13.7. The number of nitrogens with one attached hydrogen (secondary N) is 1. The van der Waals surface area contributed by atoms with E-state index in [9.17, 15) is 13.2 Å². The molecule has 0 aliphatic rings. The molecule has 0 spiro atoms. The molecule has 33 heavy (non-hydrogen) atoms. The molecular weight excluding hydrogens is 551 g/mol. The van der Waals surface area contributed by atoms with Gasteiger partial charge in [-0.25, -0.2) is 13.8 Å². The maximum Gasteiger partial charge on any atom is 0.260 e. The Morgan fingerprint density at radius 3 is 2.45 bits per heavy atom. The van der Waals surface area contributed by atoms with Crippen molar-refractivity contribution in [1.82, 2.24) is 9.99 Å². The van der Waals surface area contributed by atoms with Gasteiger partial charge in [-0.15, -0.1) is 0 Å². The molecule has 11 heteroatoms. The Balaban J connectivity index is 1.76. The van der Waals surface area contributed by atoms with Crippen molar-refractivity contribution in [3.8, 4) is 5.69 Å². The summed E-state index contributed by atoms with van der Waals surface area (Å²) in [7, 11) is -3.67. The van der Waals surface area contributed by atoms with E-state index in [-0.39, 0.29) is 0 Å². The third-order valence-corrected chi connectivity index (χ3v) is 7.04. The van der Waals surface area contributed by atoms with Crippen LogP contribution in [-0.4, -0.2) is 37.9 Å². The van der Waals surface area contributed by atoms with Crippen molar-refractivity contribution in [3.63, 3.8) is 0 Å². The molecule has 0 unspecified atom stereocenters. The first-order valence-electron chi connectivity index (χ1n) is 9.67. The third-order valence-electron chi connectivity index (χ3n) is 4.81. The lowest BCUT2D eigenvalue weighted by Gasteiger charge is -2.21. The quantitative estimate of drug-likeness (QED) is 0.317. The first-order chi connectivity index (χ1) is 15.5. The Bertz CT molecular complexity index is 1320. The highest BCUT2D eigenvalue weighted by atomic mass is 79.9. The fourth-order valence-electron chi connectivity index (χ4n) is 3.29. The molecule has 3 rings (SSSR count). The van der Waals surface area contributed by atoms with Gasteiger partial charge < -0.3 is 4.57 Å². The van der Waals surface area contributed by atoms with Crippen LogP contribution < -0.4 is 9.73 Å². The number of amides is 1. The molecule has 7 nitrogen and oxygen atoms in total. The lowest BCUT2D eigenvalue weighted by molar-refractivity contribution is -0.119. The van der Waals surface area contributed by atoms with E-state index in [1.807, 2.05) is 24.5 Å². The van der Waals surface area contributed by atoms with Crippen LogP contribution in [0.1, 0.15) is 17.0 Å². The van der Waals surface area contributed by atoms with Crippen molar-refractivity contribution in [2.24, 2.45) is 5.10 Å². The highest BCUT2D eigenvalue weighted by molar-refractivity contribution is 9.10. The fourth-order valence-corrected chi connectivity index (χ4v) is 4.78. The number of carbonyl (C=O) groups is 1. The van der Waals surface area contributed by atoms with Crippen molar-refractivity contribution < 1.29 is 13.2 Å². The second kappa shape index (κ2) is 10.3. The van der Waals surface area contributed by atoms with Gasteiger partial charge in [-0.05, 0) is 62.4 Å². The van der Waals surface area contributed by atoms with Crippen LogP contribution in [0.3, 0.4) is 0 Å². The number of hydrogen-bond acceptors (Lipinski definition) is 4. The smallest absolute Gasteiger partial charge is 0.260 e. The van der Waals surface area contributed by atoms with Crippen molar-refractivity contribution in [2.75, 3.05) is 17.1 Å². The number of anilines is 1. The van der Waals surface area contributed by atoms with Crippen LogP contribution in [0.2, 0.25) is 10.0 Å². The molecule has 0 saturated carbocycles. The Morgan fingerprint density at radius 2 is 1.82 bits per heavy atom. The predicted molar refractivity (Wildman–Crippen MR) is 137 cm³/mol. The lowest BCUT2D eigenvalue weighted by atomic mass is 10.2. The molecule has 0 saturated heterocycles. The zero-order valence-electron chi connectivity index (χ0n) is 18.0. The maximum absolute atomic E-state index is 12.4. The van der Waals surface area contributed by atoms with E-state index in [4.69, 9.17) is 23.2 Å². The largest absolute Gasteiger partial charge is 0.316 e. The standard InChI is InChI=1S/C22H21BrCl2N4O3S/c1-14-10-16(15(2)29(14)21-11-18(24)6-9-20(21)25)12-26-27-22(30)13-28(33(3,31)32)19-7-4-17(23)5-8-19/h4-12H,13H2,1-3H3,(H,27,30)/b26-12-. The van der Waals surface area contributed by atoms with E-state index < -0.39 is 22.5 Å². The third kappa shape index (κ3) is 6.17. The maximum atomic E-state index is 12.4. The number of sulfonamides is 1. The van der Waals surface area contributed by atoms with Crippen molar-refractivity contribution in [3.05, 3.63) is 80.0 Å². The average molecular weight is 572 g/mol. The van der Waals surface area contributed by atoms with Gasteiger partial charge in [0.25, 0.3) is 5.91 Å². The van der Waals surface area contributed by atoms with Gasteiger partial charge in [0.2, 0.25) is 10.0 Å². The van der Waals surface area contributed by atoms with Crippen LogP contribution in [0, 0.1) is 13.8 Å². The molecule has 1 amide bonds. The van der Waals surface area contributed by atoms with E-state index in [0.717, 1.165) is 37.7 Å². The van der Waals surface area contributed by atoms with Crippen molar-refractivity contribution >= 4 is 67.0 Å². The van der Waals surface area contributed by atoms with Gasteiger partial charge in [0.05, 0.1) is 28.9 Å². The number of benzene rings is 2. The second-order valence-corrected chi connectivity index (χ2v) is 11.0.